The fourth-order valence-electron chi connectivity index (χ4n) is 2.48. The molecule has 1 aliphatic carbocycles. The number of rotatable bonds is 2. The predicted octanol–water partition coefficient (Wildman–Crippen LogP) is 1.86. The van der Waals surface area contributed by atoms with Crippen LogP contribution in [0.5, 0.6) is 0 Å². The van der Waals surface area contributed by atoms with Gasteiger partial charge in [0, 0.05) is 0 Å². The highest BCUT2D eigenvalue weighted by molar-refractivity contribution is 5.76. The van der Waals surface area contributed by atoms with E-state index in [0.29, 0.717) is 0 Å². The van der Waals surface area contributed by atoms with E-state index in [1.165, 1.54) is 12.8 Å². The largest absolute Gasteiger partial charge is 0.462 e. The molecule has 3 heteroatoms. The lowest BCUT2D eigenvalue weighted by Gasteiger charge is -2.32. The number of esters is 1. The van der Waals surface area contributed by atoms with Crippen molar-refractivity contribution in [1.82, 2.24) is 5.32 Å². The molecule has 0 aromatic rings. The standard InChI is InChI=1S/C12H21NO2/c1-12(6-8-13-9-7-12)11(14)15-10-4-2-3-5-10/h10,13H,2-9H2,1H3. The summed E-state index contributed by atoms with van der Waals surface area (Å²) in [5.41, 5.74) is -0.228. The summed E-state index contributed by atoms with van der Waals surface area (Å²) < 4.78 is 5.59. The highest BCUT2D eigenvalue weighted by Crippen LogP contribution is 2.32. The van der Waals surface area contributed by atoms with Crippen LogP contribution in [-0.4, -0.2) is 25.2 Å². The van der Waals surface area contributed by atoms with Crippen LogP contribution in [0.3, 0.4) is 0 Å². The zero-order chi connectivity index (χ0) is 10.7. The fraction of sp³-hybridized carbons (Fsp3) is 0.917. The third-order valence-electron chi connectivity index (χ3n) is 3.78. The normalized spacial score (nSPS) is 26.5. The molecule has 0 bridgehead atoms. The Kier molecular flexibility index (Phi) is 3.29. The van der Waals surface area contributed by atoms with Gasteiger partial charge in [-0.25, -0.2) is 0 Å². The molecule has 0 aromatic heterocycles. The van der Waals surface area contributed by atoms with E-state index < -0.39 is 0 Å². The van der Waals surface area contributed by atoms with E-state index in [1.54, 1.807) is 0 Å². The Balaban J connectivity index is 1.87. The minimum Gasteiger partial charge on any atom is -0.462 e. The number of hydrogen-bond donors (Lipinski definition) is 1. The van der Waals surface area contributed by atoms with Gasteiger partial charge in [0.05, 0.1) is 5.41 Å². The summed E-state index contributed by atoms with van der Waals surface area (Å²) in [4.78, 5) is 12.0. The quantitative estimate of drug-likeness (QED) is 0.709. The lowest BCUT2D eigenvalue weighted by atomic mass is 9.81. The Morgan fingerprint density at radius 1 is 1.27 bits per heavy atom. The van der Waals surface area contributed by atoms with E-state index in [4.69, 9.17) is 4.74 Å². The van der Waals surface area contributed by atoms with Crippen molar-refractivity contribution in [3.05, 3.63) is 0 Å². The van der Waals surface area contributed by atoms with Gasteiger partial charge < -0.3 is 10.1 Å². The zero-order valence-corrected chi connectivity index (χ0v) is 9.55. The molecule has 1 saturated carbocycles. The van der Waals surface area contributed by atoms with Crippen LogP contribution >= 0.6 is 0 Å². The van der Waals surface area contributed by atoms with Crippen LogP contribution < -0.4 is 5.32 Å². The van der Waals surface area contributed by atoms with Gasteiger partial charge in [-0.05, 0) is 58.5 Å². The average molecular weight is 211 g/mol. The van der Waals surface area contributed by atoms with Crippen molar-refractivity contribution in [3.8, 4) is 0 Å². The first-order valence-electron chi connectivity index (χ1n) is 6.12. The Labute approximate surface area is 91.6 Å². The number of ether oxygens (including phenoxy) is 1. The summed E-state index contributed by atoms with van der Waals surface area (Å²) in [5, 5.41) is 3.28. The molecule has 0 aromatic carbocycles. The molecule has 2 aliphatic rings. The Morgan fingerprint density at radius 3 is 2.47 bits per heavy atom. The molecule has 0 atom stereocenters. The van der Waals surface area contributed by atoms with Gasteiger partial charge in [-0.2, -0.15) is 0 Å². The van der Waals surface area contributed by atoms with Gasteiger partial charge in [0.1, 0.15) is 6.10 Å². The molecule has 1 heterocycles. The second kappa shape index (κ2) is 4.52. The highest BCUT2D eigenvalue weighted by atomic mass is 16.5. The maximum atomic E-state index is 12.0. The van der Waals surface area contributed by atoms with Crippen LogP contribution in [0, 0.1) is 5.41 Å². The van der Waals surface area contributed by atoms with E-state index >= 15 is 0 Å². The van der Waals surface area contributed by atoms with Gasteiger partial charge in [0.2, 0.25) is 0 Å². The molecule has 0 unspecified atom stereocenters. The molecule has 2 rings (SSSR count). The maximum Gasteiger partial charge on any atom is 0.312 e. The third-order valence-corrected chi connectivity index (χ3v) is 3.78. The van der Waals surface area contributed by atoms with Crippen LogP contribution in [0.15, 0.2) is 0 Å². The second-order valence-electron chi connectivity index (χ2n) is 5.12. The first-order valence-corrected chi connectivity index (χ1v) is 6.12. The summed E-state index contributed by atoms with van der Waals surface area (Å²) in [6, 6.07) is 0. The van der Waals surface area contributed by atoms with Crippen molar-refractivity contribution in [1.29, 1.82) is 0 Å². The molecule has 1 aliphatic heterocycles. The van der Waals surface area contributed by atoms with Crippen LogP contribution in [0.4, 0.5) is 0 Å². The van der Waals surface area contributed by atoms with Crippen molar-refractivity contribution in [3.63, 3.8) is 0 Å². The molecule has 0 amide bonds. The summed E-state index contributed by atoms with van der Waals surface area (Å²) >= 11 is 0. The van der Waals surface area contributed by atoms with E-state index in [0.717, 1.165) is 38.8 Å². The predicted molar refractivity (Wildman–Crippen MR) is 58.6 cm³/mol. The number of piperidine rings is 1. The molecule has 2 fully saturated rings. The molecular formula is C12H21NO2. The first-order chi connectivity index (χ1) is 7.21. The molecule has 1 saturated heterocycles. The van der Waals surface area contributed by atoms with Gasteiger partial charge in [0.15, 0.2) is 0 Å². The molecular weight excluding hydrogens is 190 g/mol. The maximum absolute atomic E-state index is 12.0. The lowest BCUT2D eigenvalue weighted by Crippen LogP contribution is -2.41. The molecule has 0 spiro atoms. The Bertz CT molecular complexity index is 228. The Hall–Kier alpha value is -0.570. The van der Waals surface area contributed by atoms with Gasteiger partial charge >= 0.3 is 5.97 Å². The van der Waals surface area contributed by atoms with Crippen molar-refractivity contribution in [2.75, 3.05) is 13.1 Å². The van der Waals surface area contributed by atoms with Gasteiger partial charge in [-0.1, -0.05) is 0 Å². The van der Waals surface area contributed by atoms with E-state index in [-0.39, 0.29) is 17.5 Å². The van der Waals surface area contributed by atoms with Gasteiger partial charge in [-0.3, -0.25) is 4.79 Å². The molecule has 3 nitrogen and oxygen atoms in total. The van der Waals surface area contributed by atoms with Crippen molar-refractivity contribution in [2.24, 2.45) is 5.41 Å². The van der Waals surface area contributed by atoms with Crippen molar-refractivity contribution >= 4 is 5.97 Å². The second-order valence-corrected chi connectivity index (χ2v) is 5.12. The van der Waals surface area contributed by atoms with Gasteiger partial charge in [0.25, 0.3) is 0 Å². The Morgan fingerprint density at radius 2 is 1.87 bits per heavy atom. The molecule has 86 valence electrons. The summed E-state index contributed by atoms with van der Waals surface area (Å²) in [7, 11) is 0. The minimum atomic E-state index is -0.228. The average Bonchev–Trinajstić information content (AvgIpc) is 2.71. The van der Waals surface area contributed by atoms with Crippen molar-refractivity contribution in [2.45, 2.75) is 51.6 Å². The van der Waals surface area contributed by atoms with E-state index in [1.807, 2.05) is 6.92 Å². The lowest BCUT2D eigenvalue weighted by molar-refractivity contribution is -0.161. The number of carbonyl (C=O) groups is 1. The summed E-state index contributed by atoms with van der Waals surface area (Å²) in [6.07, 6.45) is 6.62. The smallest absolute Gasteiger partial charge is 0.312 e. The number of carbonyl (C=O) groups excluding carboxylic acids is 1. The highest BCUT2D eigenvalue weighted by Gasteiger charge is 2.37. The van der Waals surface area contributed by atoms with Crippen LogP contribution in [0.1, 0.15) is 45.4 Å². The molecule has 15 heavy (non-hydrogen) atoms. The third kappa shape index (κ3) is 2.51. The SMILES string of the molecule is CC1(C(=O)OC2CCCC2)CCNCC1. The van der Waals surface area contributed by atoms with Crippen LogP contribution in [-0.2, 0) is 9.53 Å². The monoisotopic (exact) mass is 211 g/mol. The van der Waals surface area contributed by atoms with E-state index in [2.05, 4.69) is 5.32 Å². The zero-order valence-electron chi connectivity index (χ0n) is 9.55. The first kappa shape index (κ1) is 10.9. The van der Waals surface area contributed by atoms with Crippen molar-refractivity contribution < 1.29 is 9.53 Å². The fourth-order valence-corrected chi connectivity index (χ4v) is 2.48. The van der Waals surface area contributed by atoms with Gasteiger partial charge in [-0.15, -0.1) is 0 Å². The summed E-state index contributed by atoms with van der Waals surface area (Å²) in [6.45, 7) is 3.93. The minimum absolute atomic E-state index is 0.0379. The number of hydrogen-bond acceptors (Lipinski definition) is 3. The molecule has 0 radical (unpaired) electrons. The topological polar surface area (TPSA) is 38.3 Å². The number of nitrogens with one attached hydrogen (secondary N) is 1. The molecule has 1 N–H and O–H groups in total. The van der Waals surface area contributed by atoms with Crippen LogP contribution in [0.2, 0.25) is 0 Å². The van der Waals surface area contributed by atoms with E-state index in [9.17, 15) is 4.79 Å². The van der Waals surface area contributed by atoms with Crippen LogP contribution in [0.25, 0.3) is 0 Å². The summed E-state index contributed by atoms with van der Waals surface area (Å²) in [5.74, 6) is 0.0379.